The lowest BCUT2D eigenvalue weighted by atomic mass is 9.99. The Morgan fingerprint density at radius 3 is 2.12 bits per heavy atom. The third kappa shape index (κ3) is 8.15. The van der Waals surface area contributed by atoms with Gasteiger partial charge in [0.15, 0.2) is 0 Å². The first-order valence-electron chi connectivity index (χ1n) is 7.41. The van der Waals surface area contributed by atoms with Gasteiger partial charge in [0.25, 0.3) is 0 Å². The molecule has 1 aliphatic heterocycles. The fourth-order valence-electron chi connectivity index (χ4n) is 2.17. The topological polar surface area (TPSA) is 3.24 Å². The average molecular weight is 227 g/mol. The summed E-state index contributed by atoms with van der Waals surface area (Å²) in [5.41, 5.74) is 0. The fourth-order valence-corrected chi connectivity index (χ4v) is 2.17. The molecule has 0 spiro atoms. The number of hydrogen-bond donors (Lipinski definition) is 0. The molecule has 1 saturated heterocycles. The van der Waals surface area contributed by atoms with Crippen molar-refractivity contribution in [3.05, 3.63) is 0 Å². The molecule has 0 amide bonds. The van der Waals surface area contributed by atoms with E-state index < -0.39 is 0 Å². The molecule has 0 radical (unpaired) electrons. The van der Waals surface area contributed by atoms with Crippen LogP contribution in [0.15, 0.2) is 0 Å². The molecule has 16 heavy (non-hydrogen) atoms. The zero-order valence-electron chi connectivity index (χ0n) is 12.3. The second-order valence-electron chi connectivity index (χ2n) is 5.41. The monoisotopic (exact) mass is 227 g/mol. The Morgan fingerprint density at radius 1 is 1.06 bits per heavy atom. The van der Waals surface area contributed by atoms with Gasteiger partial charge in [0.05, 0.1) is 0 Å². The maximum atomic E-state index is 2.65. The largest absolute Gasteiger partial charge is 0.303 e. The highest BCUT2D eigenvalue weighted by Gasteiger charge is 2.14. The lowest BCUT2D eigenvalue weighted by Crippen LogP contribution is -2.33. The van der Waals surface area contributed by atoms with Crippen molar-refractivity contribution in [1.29, 1.82) is 0 Å². The third-order valence-corrected chi connectivity index (χ3v) is 3.38. The molecule has 0 aromatic rings. The molecule has 0 unspecified atom stereocenters. The standard InChI is InChI=1S/C13H27N.C2H6/c1-12(2)6-4-5-9-14-10-7-13(3)8-11-14;1-2/h12-13H,4-11H2,1-3H3;1-2H3. The van der Waals surface area contributed by atoms with E-state index in [0.717, 1.165) is 11.8 Å². The van der Waals surface area contributed by atoms with Crippen LogP contribution in [0.1, 0.15) is 66.7 Å². The molecule has 1 fully saturated rings. The van der Waals surface area contributed by atoms with Crippen molar-refractivity contribution in [2.75, 3.05) is 19.6 Å². The highest BCUT2D eigenvalue weighted by molar-refractivity contribution is 4.69. The molecular formula is C15H33N. The van der Waals surface area contributed by atoms with Crippen LogP contribution in [0.2, 0.25) is 0 Å². The van der Waals surface area contributed by atoms with Crippen LogP contribution in [0, 0.1) is 11.8 Å². The van der Waals surface area contributed by atoms with Gasteiger partial charge in [-0.05, 0) is 50.7 Å². The van der Waals surface area contributed by atoms with Gasteiger partial charge in [0.2, 0.25) is 0 Å². The van der Waals surface area contributed by atoms with Gasteiger partial charge in [0, 0.05) is 0 Å². The van der Waals surface area contributed by atoms with E-state index >= 15 is 0 Å². The van der Waals surface area contributed by atoms with Gasteiger partial charge in [-0.15, -0.1) is 0 Å². The second kappa shape index (κ2) is 10.1. The minimum atomic E-state index is 0.886. The molecular weight excluding hydrogens is 194 g/mol. The van der Waals surface area contributed by atoms with Gasteiger partial charge >= 0.3 is 0 Å². The summed E-state index contributed by atoms with van der Waals surface area (Å²) < 4.78 is 0. The van der Waals surface area contributed by atoms with Crippen molar-refractivity contribution in [3.63, 3.8) is 0 Å². The van der Waals surface area contributed by atoms with E-state index in [2.05, 4.69) is 25.7 Å². The summed E-state index contributed by atoms with van der Waals surface area (Å²) in [4.78, 5) is 2.65. The van der Waals surface area contributed by atoms with Gasteiger partial charge in [-0.2, -0.15) is 0 Å². The Morgan fingerprint density at radius 2 is 1.62 bits per heavy atom. The zero-order chi connectivity index (χ0) is 12.4. The highest BCUT2D eigenvalue weighted by Crippen LogP contribution is 2.16. The van der Waals surface area contributed by atoms with E-state index in [1.807, 2.05) is 13.8 Å². The summed E-state index contributed by atoms with van der Waals surface area (Å²) in [6.07, 6.45) is 7.08. The quantitative estimate of drug-likeness (QED) is 0.622. The van der Waals surface area contributed by atoms with Crippen LogP contribution < -0.4 is 0 Å². The van der Waals surface area contributed by atoms with Gasteiger partial charge in [0.1, 0.15) is 0 Å². The van der Waals surface area contributed by atoms with Crippen molar-refractivity contribution in [1.82, 2.24) is 4.90 Å². The molecule has 1 heterocycles. The van der Waals surface area contributed by atoms with E-state index in [1.54, 1.807) is 0 Å². The summed E-state index contributed by atoms with van der Waals surface area (Å²) in [7, 11) is 0. The molecule has 1 aliphatic rings. The van der Waals surface area contributed by atoms with Crippen LogP contribution in [0.5, 0.6) is 0 Å². The normalized spacial score (nSPS) is 18.4. The summed E-state index contributed by atoms with van der Waals surface area (Å²) >= 11 is 0. The lowest BCUT2D eigenvalue weighted by molar-refractivity contribution is 0.188. The van der Waals surface area contributed by atoms with Gasteiger partial charge < -0.3 is 4.90 Å². The van der Waals surface area contributed by atoms with E-state index in [1.165, 1.54) is 51.7 Å². The number of piperidine rings is 1. The van der Waals surface area contributed by atoms with E-state index in [0.29, 0.717) is 0 Å². The van der Waals surface area contributed by atoms with Gasteiger partial charge in [-0.3, -0.25) is 0 Å². The first-order chi connectivity index (χ1) is 7.68. The molecule has 1 nitrogen and oxygen atoms in total. The maximum absolute atomic E-state index is 2.65. The number of unbranched alkanes of at least 4 members (excludes halogenated alkanes) is 1. The van der Waals surface area contributed by atoms with Crippen molar-refractivity contribution in [2.45, 2.75) is 66.7 Å². The summed E-state index contributed by atoms with van der Waals surface area (Å²) in [5, 5.41) is 0. The number of hydrogen-bond acceptors (Lipinski definition) is 1. The number of rotatable bonds is 5. The van der Waals surface area contributed by atoms with Gasteiger partial charge in [-0.25, -0.2) is 0 Å². The third-order valence-electron chi connectivity index (χ3n) is 3.38. The predicted molar refractivity (Wildman–Crippen MR) is 74.9 cm³/mol. The van der Waals surface area contributed by atoms with Crippen LogP contribution in [0.3, 0.4) is 0 Å². The predicted octanol–water partition coefficient (Wildman–Crippen LogP) is 4.57. The van der Waals surface area contributed by atoms with Crippen molar-refractivity contribution in [3.8, 4) is 0 Å². The zero-order valence-corrected chi connectivity index (χ0v) is 12.3. The fraction of sp³-hybridized carbons (Fsp3) is 1.00. The van der Waals surface area contributed by atoms with Crippen LogP contribution in [0.4, 0.5) is 0 Å². The molecule has 0 aromatic carbocycles. The summed E-state index contributed by atoms with van der Waals surface area (Å²) in [6, 6.07) is 0. The highest BCUT2D eigenvalue weighted by atomic mass is 15.1. The molecule has 0 bridgehead atoms. The minimum Gasteiger partial charge on any atom is -0.303 e. The molecule has 98 valence electrons. The molecule has 0 N–H and O–H groups in total. The first-order valence-corrected chi connectivity index (χ1v) is 7.41. The number of nitrogens with zero attached hydrogens (tertiary/aromatic N) is 1. The van der Waals surface area contributed by atoms with Crippen LogP contribution in [-0.4, -0.2) is 24.5 Å². The molecule has 0 aromatic heterocycles. The molecule has 1 heteroatoms. The van der Waals surface area contributed by atoms with Gasteiger partial charge in [-0.1, -0.05) is 47.5 Å². The van der Waals surface area contributed by atoms with E-state index in [9.17, 15) is 0 Å². The van der Waals surface area contributed by atoms with Crippen LogP contribution in [-0.2, 0) is 0 Å². The lowest BCUT2D eigenvalue weighted by Gasteiger charge is -2.30. The smallest absolute Gasteiger partial charge is 0.00162 e. The number of likely N-dealkylation sites (tertiary alicyclic amines) is 1. The molecule has 1 rings (SSSR count). The van der Waals surface area contributed by atoms with Crippen molar-refractivity contribution < 1.29 is 0 Å². The average Bonchev–Trinajstić information content (AvgIpc) is 2.29. The van der Waals surface area contributed by atoms with E-state index in [-0.39, 0.29) is 0 Å². The van der Waals surface area contributed by atoms with E-state index in [4.69, 9.17) is 0 Å². The van der Waals surface area contributed by atoms with Crippen molar-refractivity contribution in [2.24, 2.45) is 11.8 Å². The summed E-state index contributed by atoms with van der Waals surface area (Å²) in [5.74, 6) is 1.86. The Balaban J connectivity index is 0.00000106. The SMILES string of the molecule is CC.CC(C)CCCCN1CCC(C)CC1. The van der Waals surface area contributed by atoms with Crippen LogP contribution in [0.25, 0.3) is 0 Å². The first kappa shape index (κ1) is 16.0. The molecule has 0 saturated carbocycles. The Labute approximate surface area is 104 Å². The Kier molecular flexibility index (Phi) is 10.1. The maximum Gasteiger partial charge on any atom is -0.00162 e. The van der Waals surface area contributed by atoms with Crippen molar-refractivity contribution >= 4 is 0 Å². The Bertz CT molecular complexity index is 134. The summed E-state index contributed by atoms with van der Waals surface area (Å²) in [6.45, 7) is 15.1. The molecule has 0 atom stereocenters. The molecule has 0 aliphatic carbocycles. The van der Waals surface area contributed by atoms with Crippen LogP contribution >= 0.6 is 0 Å². The second-order valence-corrected chi connectivity index (χ2v) is 5.41. The minimum absolute atomic E-state index is 0.886. The Hall–Kier alpha value is -0.0400.